The van der Waals surface area contributed by atoms with E-state index in [0.29, 0.717) is 12.2 Å². The Morgan fingerprint density at radius 2 is 1.79 bits per heavy atom. The summed E-state index contributed by atoms with van der Waals surface area (Å²) in [7, 11) is -3.81. The topological polar surface area (TPSA) is 37.4 Å². The van der Waals surface area contributed by atoms with Crippen molar-refractivity contribution >= 4 is 31.6 Å². The maximum Gasteiger partial charge on any atom is 0.265 e. The molecular formula is C18H21BrFNO2S. The molecule has 24 heavy (non-hydrogen) atoms. The maximum atomic E-state index is 13.3. The van der Waals surface area contributed by atoms with E-state index in [1.165, 1.54) is 16.4 Å². The normalized spacial score (nSPS) is 11.8. The first-order valence-corrected chi connectivity index (χ1v) is 9.91. The molecule has 0 heterocycles. The second-order valence-corrected chi connectivity index (χ2v) is 8.98. The first-order chi connectivity index (χ1) is 11.1. The highest BCUT2D eigenvalue weighted by molar-refractivity contribution is 9.10. The molecule has 2 rings (SSSR count). The van der Waals surface area contributed by atoms with Crippen LogP contribution in [0.1, 0.15) is 25.0 Å². The molecule has 2 aromatic carbocycles. The summed E-state index contributed by atoms with van der Waals surface area (Å²) < 4.78 is 41.4. The van der Waals surface area contributed by atoms with Gasteiger partial charge in [-0.25, -0.2) is 12.8 Å². The van der Waals surface area contributed by atoms with Crippen LogP contribution in [0.4, 0.5) is 10.1 Å². The van der Waals surface area contributed by atoms with Crippen LogP contribution in [-0.2, 0) is 10.0 Å². The van der Waals surface area contributed by atoms with Crippen molar-refractivity contribution in [3.8, 4) is 0 Å². The van der Waals surface area contributed by atoms with Crippen LogP contribution >= 0.6 is 15.9 Å². The van der Waals surface area contributed by atoms with E-state index in [1.807, 2.05) is 45.9 Å². The van der Waals surface area contributed by atoms with Gasteiger partial charge in [-0.1, -0.05) is 31.5 Å². The smallest absolute Gasteiger partial charge is 0.265 e. The van der Waals surface area contributed by atoms with Gasteiger partial charge < -0.3 is 0 Å². The molecular weight excluding hydrogens is 393 g/mol. The van der Waals surface area contributed by atoms with E-state index in [-0.39, 0.29) is 15.3 Å². The van der Waals surface area contributed by atoms with Crippen LogP contribution < -0.4 is 4.31 Å². The third-order valence-electron chi connectivity index (χ3n) is 3.61. The molecule has 3 nitrogen and oxygen atoms in total. The lowest BCUT2D eigenvalue weighted by Crippen LogP contribution is -2.35. The van der Waals surface area contributed by atoms with Crippen molar-refractivity contribution in [1.82, 2.24) is 0 Å². The van der Waals surface area contributed by atoms with Crippen molar-refractivity contribution in [3.05, 3.63) is 57.8 Å². The van der Waals surface area contributed by atoms with Crippen molar-refractivity contribution in [2.75, 3.05) is 10.8 Å². The van der Waals surface area contributed by atoms with Crippen LogP contribution in [0.15, 0.2) is 45.8 Å². The zero-order valence-electron chi connectivity index (χ0n) is 14.2. The van der Waals surface area contributed by atoms with E-state index in [0.717, 1.165) is 17.2 Å². The van der Waals surface area contributed by atoms with Gasteiger partial charge in [-0.15, -0.1) is 0 Å². The summed E-state index contributed by atoms with van der Waals surface area (Å²) >= 11 is 3.17. The molecule has 0 aliphatic carbocycles. The van der Waals surface area contributed by atoms with Crippen molar-refractivity contribution in [1.29, 1.82) is 0 Å². The van der Waals surface area contributed by atoms with Crippen molar-refractivity contribution in [3.63, 3.8) is 0 Å². The molecule has 0 N–H and O–H groups in total. The Morgan fingerprint density at radius 3 is 2.33 bits per heavy atom. The predicted octanol–water partition coefficient (Wildman–Crippen LogP) is 5.06. The van der Waals surface area contributed by atoms with Gasteiger partial charge in [-0.05, 0) is 65.5 Å². The molecule has 0 aliphatic rings. The first-order valence-electron chi connectivity index (χ1n) is 7.68. The summed E-state index contributed by atoms with van der Waals surface area (Å²) in [5, 5.41) is 0. The first kappa shape index (κ1) is 18.9. The summed E-state index contributed by atoms with van der Waals surface area (Å²) in [6.07, 6.45) is 0. The lowest BCUT2D eigenvalue weighted by atomic mass is 10.1. The average molecular weight is 414 g/mol. The number of hydrogen-bond donors (Lipinski definition) is 0. The van der Waals surface area contributed by atoms with Gasteiger partial charge in [-0.2, -0.15) is 0 Å². The molecule has 0 unspecified atom stereocenters. The van der Waals surface area contributed by atoms with Crippen molar-refractivity contribution in [2.45, 2.75) is 32.6 Å². The number of benzene rings is 2. The van der Waals surface area contributed by atoms with Crippen LogP contribution in [0.2, 0.25) is 0 Å². The van der Waals surface area contributed by atoms with Gasteiger partial charge in [0.1, 0.15) is 10.7 Å². The molecule has 0 atom stereocenters. The molecule has 6 heteroatoms. The number of hydrogen-bond acceptors (Lipinski definition) is 2. The standard InChI is InChI=1S/C18H21BrFNO2S/c1-12(2)11-21(17-7-5-13(3)9-14(17)4)24(22,23)18-8-6-15(20)10-16(18)19/h5-10,12H,11H2,1-4H3. The molecule has 0 bridgehead atoms. The summed E-state index contributed by atoms with van der Waals surface area (Å²) in [5.74, 6) is -0.345. The molecule has 0 saturated carbocycles. The quantitative estimate of drug-likeness (QED) is 0.686. The minimum Gasteiger partial charge on any atom is -0.266 e. The molecule has 0 saturated heterocycles. The lowest BCUT2D eigenvalue weighted by Gasteiger charge is -2.28. The van der Waals surface area contributed by atoms with E-state index in [9.17, 15) is 12.8 Å². The summed E-state index contributed by atoms with van der Waals surface area (Å²) in [6.45, 7) is 8.13. The Bertz CT molecular complexity index is 850. The Morgan fingerprint density at radius 1 is 1.12 bits per heavy atom. The zero-order valence-corrected chi connectivity index (χ0v) is 16.6. The Labute approximate surface area is 151 Å². The Balaban J connectivity index is 2.62. The second kappa shape index (κ2) is 7.23. The van der Waals surface area contributed by atoms with Crippen LogP contribution in [0.5, 0.6) is 0 Å². The largest absolute Gasteiger partial charge is 0.266 e. The number of sulfonamides is 1. The molecule has 0 aliphatic heterocycles. The third kappa shape index (κ3) is 3.98. The van der Waals surface area contributed by atoms with Gasteiger partial charge in [-0.3, -0.25) is 4.31 Å². The fourth-order valence-electron chi connectivity index (χ4n) is 2.55. The highest BCUT2D eigenvalue weighted by Gasteiger charge is 2.28. The van der Waals surface area contributed by atoms with E-state index >= 15 is 0 Å². The average Bonchev–Trinajstić information content (AvgIpc) is 2.44. The maximum absolute atomic E-state index is 13.3. The van der Waals surface area contributed by atoms with Crippen molar-refractivity contribution < 1.29 is 12.8 Å². The fraction of sp³-hybridized carbons (Fsp3) is 0.333. The van der Waals surface area contributed by atoms with Crippen LogP contribution in [0, 0.1) is 25.6 Å². The summed E-state index contributed by atoms with van der Waals surface area (Å²) in [6, 6.07) is 9.30. The van der Waals surface area contributed by atoms with Gasteiger partial charge in [0.25, 0.3) is 10.0 Å². The minimum absolute atomic E-state index is 0.0597. The van der Waals surface area contributed by atoms with Gasteiger partial charge >= 0.3 is 0 Å². The highest BCUT2D eigenvalue weighted by atomic mass is 79.9. The molecule has 2 aromatic rings. The van der Waals surface area contributed by atoms with Gasteiger partial charge in [0.2, 0.25) is 0 Å². The number of nitrogens with zero attached hydrogens (tertiary/aromatic N) is 1. The monoisotopic (exact) mass is 413 g/mol. The molecule has 0 fully saturated rings. The van der Waals surface area contributed by atoms with E-state index in [1.54, 1.807) is 0 Å². The van der Waals surface area contributed by atoms with Crippen LogP contribution in [0.25, 0.3) is 0 Å². The van der Waals surface area contributed by atoms with E-state index < -0.39 is 15.8 Å². The SMILES string of the molecule is Cc1ccc(N(CC(C)C)S(=O)(=O)c2ccc(F)cc2Br)c(C)c1. The Kier molecular flexibility index (Phi) is 5.71. The highest BCUT2D eigenvalue weighted by Crippen LogP contribution is 2.32. The second-order valence-electron chi connectivity index (χ2n) is 6.29. The number of rotatable bonds is 5. The summed E-state index contributed by atoms with van der Waals surface area (Å²) in [5.41, 5.74) is 2.60. The van der Waals surface area contributed by atoms with Gasteiger partial charge in [0.05, 0.1) is 5.69 Å². The van der Waals surface area contributed by atoms with Gasteiger partial charge in [0.15, 0.2) is 0 Å². The summed E-state index contributed by atoms with van der Waals surface area (Å²) in [4.78, 5) is 0.0597. The third-order valence-corrected chi connectivity index (χ3v) is 6.37. The molecule has 0 amide bonds. The number of halogens is 2. The Hall–Kier alpha value is -1.40. The fourth-order valence-corrected chi connectivity index (χ4v) is 5.25. The van der Waals surface area contributed by atoms with E-state index in [2.05, 4.69) is 15.9 Å². The lowest BCUT2D eigenvalue weighted by molar-refractivity contribution is 0.576. The molecule has 0 aromatic heterocycles. The number of anilines is 1. The molecule has 0 spiro atoms. The van der Waals surface area contributed by atoms with Crippen LogP contribution in [0.3, 0.4) is 0 Å². The van der Waals surface area contributed by atoms with Crippen molar-refractivity contribution in [2.24, 2.45) is 5.92 Å². The minimum atomic E-state index is -3.81. The molecule has 0 radical (unpaired) electrons. The number of aryl methyl sites for hydroxylation is 2. The van der Waals surface area contributed by atoms with E-state index in [4.69, 9.17) is 0 Å². The van der Waals surface area contributed by atoms with Gasteiger partial charge in [0, 0.05) is 11.0 Å². The zero-order chi connectivity index (χ0) is 18.1. The van der Waals surface area contributed by atoms with Crippen LogP contribution in [-0.4, -0.2) is 15.0 Å². The predicted molar refractivity (Wildman–Crippen MR) is 99.4 cm³/mol. The molecule has 130 valence electrons.